The number of carbonyl (C=O) groups excluding carboxylic acids is 1. The molecule has 1 atom stereocenters. The van der Waals surface area contributed by atoms with Crippen molar-refractivity contribution < 1.29 is 9.53 Å². The van der Waals surface area contributed by atoms with Crippen molar-refractivity contribution in [2.45, 2.75) is 36.6 Å². The van der Waals surface area contributed by atoms with Gasteiger partial charge in [-0.15, -0.1) is 11.8 Å². The molecule has 1 unspecified atom stereocenters. The van der Waals surface area contributed by atoms with Crippen LogP contribution >= 0.6 is 11.8 Å². The Hall–Kier alpha value is -1.94. The lowest BCUT2D eigenvalue weighted by molar-refractivity contribution is 0.113. The fraction of sp³-hybridized carbons (Fsp3) is 0.278. The van der Waals surface area contributed by atoms with E-state index in [-0.39, 0.29) is 18.2 Å². The molecule has 1 aliphatic rings. The van der Waals surface area contributed by atoms with Gasteiger partial charge in [0.05, 0.1) is 12.1 Å². The maximum Gasteiger partial charge on any atom is 0.408 e. The van der Waals surface area contributed by atoms with E-state index in [1.807, 2.05) is 38.1 Å². The molecular formula is C18H19NO2S. The van der Waals surface area contributed by atoms with Crippen LogP contribution in [0.15, 0.2) is 53.4 Å². The van der Waals surface area contributed by atoms with Crippen LogP contribution < -0.4 is 5.32 Å². The predicted molar refractivity (Wildman–Crippen MR) is 89.0 cm³/mol. The van der Waals surface area contributed by atoms with Gasteiger partial charge in [-0.2, -0.15) is 0 Å². The molecule has 0 spiro atoms. The van der Waals surface area contributed by atoms with Crippen LogP contribution in [0.4, 0.5) is 4.79 Å². The Kier molecular flexibility index (Phi) is 4.39. The third kappa shape index (κ3) is 3.12. The molecule has 3 nitrogen and oxygen atoms in total. The molecule has 0 bridgehead atoms. The van der Waals surface area contributed by atoms with E-state index in [2.05, 4.69) is 29.6 Å². The molecule has 0 aliphatic carbocycles. The standard InChI is InChI=1S/C18H19NO2S/c1-12(2)21-18(20)19-17-14-8-4-3-7-13(14)11-22-16-10-6-5-9-15(16)17/h3-10,12,17H,11H2,1-2H3,(H,19,20). The Morgan fingerprint density at radius 2 is 1.82 bits per heavy atom. The van der Waals surface area contributed by atoms with Gasteiger partial charge in [-0.1, -0.05) is 42.5 Å². The second-order valence-electron chi connectivity index (χ2n) is 5.56. The molecule has 3 rings (SSSR count). The first-order valence-corrected chi connectivity index (χ1v) is 8.40. The zero-order valence-electron chi connectivity index (χ0n) is 12.7. The van der Waals surface area contributed by atoms with Crippen molar-refractivity contribution >= 4 is 17.9 Å². The van der Waals surface area contributed by atoms with E-state index in [0.29, 0.717) is 0 Å². The topological polar surface area (TPSA) is 38.3 Å². The number of nitrogens with one attached hydrogen (secondary N) is 1. The van der Waals surface area contributed by atoms with Gasteiger partial charge in [-0.3, -0.25) is 0 Å². The molecule has 1 N–H and O–H groups in total. The molecular weight excluding hydrogens is 294 g/mol. The summed E-state index contributed by atoms with van der Waals surface area (Å²) in [4.78, 5) is 13.3. The molecule has 0 aromatic heterocycles. The van der Waals surface area contributed by atoms with Crippen LogP contribution in [0.25, 0.3) is 0 Å². The third-order valence-electron chi connectivity index (χ3n) is 3.58. The Morgan fingerprint density at radius 3 is 2.59 bits per heavy atom. The molecule has 114 valence electrons. The van der Waals surface area contributed by atoms with Crippen molar-refractivity contribution in [2.75, 3.05) is 0 Å². The first-order chi connectivity index (χ1) is 10.6. The summed E-state index contributed by atoms with van der Waals surface area (Å²) < 4.78 is 5.27. The molecule has 1 heterocycles. The molecule has 2 aromatic carbocycles. The lowest BCUT2D eigenvalue weighted by atomic mass is 9.95. The van der Waals surface area contributed by atoms with E-state index in [1.54, 1.807) is 11.8 Å². The van der Waals surface area contributed by atoms with E-state index >= 15 is 0 Å². The second kappa shape index (κ2) is 6.44. The fourth-order valence-electron chi connectivity index (χ4n) is 2.64. The van der Waals surface area contributed by atoms with Crippen LogP contribution in [0, 0.1) is 0 Å². The molecule has 1 aliphatic heterocycles. The number of hydrogen-bond donors (Lipinski definition) is 1. The smallest absolute Gasteiger partial charge is 0.408 e. The SMILES string of the molecule is CC(C)OC(=O)NC1c2ccccc2CSc2ccccc21. The van der Waals surface area contributed by atoms with Crippen molar-refractivity contribution in [2.24, 2.45) is 0 Å². The minimum absolute atomic E-state index is 0.134. The van der Waals surface area contributed by atoms with E-state index in [0.717, 1.165) is 16.9 Å². The van der Waals surface area contributed by atoms with Gasteiger partial charge in [0.15, 0.2) is 0 Å². The highest BCUT2D eigenvalue weighted by molar-refractivity contribution is 7.98. The Labute approximate surface area is 135 Å². The third-order valence-corrected chi connectivity index (χ3v) is 4.72. The molecule has 0 saturated carbocycles. The number of rotatable bonds is 2. The molecule has 1 amide bonds. The Morgan fingerprint density at radius 1 is 1.14 bits per heavy atom. The number of fused-ring (bicyclic) bond motifs is 2. The quantitative estimate of drug-likeness (QED) is 0.886. The lowest BCUT2D eigenvalue weighted by Crippen LogP contribution is -2.32. The normalized spacial score (nSPS) is 16.4. The van der Waals surface area contributed by atoms with E-state index < -0.39 is 0 Å². The summed E-state index contributed by atoms with van der Waals surface area (Å²) in [5.74, 6) is 0.907. The Bertz CT molecular complexity index is 637. The summed E-state index contributed by atoms with van der Waals surface area (Å²) in [6.45, 7) is 3.70. The molecule has 0 radical (unpaired) electrons. The van der Waals surface area contributed by atoms with Crippen LogP contribution in [-0.2, 0) is 10.5 Å². The Balaban J connectivity index is 2.00. The number of thioether (sulfide) groups is 1. The van der Waals surface area contributed by atoms with E-state index in [4.69, 9.17) is 4.74 Å². The zero-order chi connectivity index (χ0) is 15.5. The van der Waals surface area contributed by atoms with Gasteiger partial charge in [-0.05, 0) is 36.6 Å². The average molecular weight is 313 g/mol. The van der Waals surface area contributed by atoms with Gasteiger partial charge in [-0.25, -0.2) is 4.79 Å². The highest BCUT2D eigenvalue weighted by Gasteiger charge is 2.25. The lowest BCUT2D eigenvalue weighted by Gasteiger charge is -2.21. The fourth-order valence-corrected chi connectivity index (χ4v) is 3.74. The maximum atomic E-state index is 12.1. The van der Waals surface area contributed by atoms with E-state index in [9.17, 15) is 4.79 Å². The molecule has 0 saturated heterocycles. The van der Waals surface area contributed by atoms with Gasteiger partial charge in [0.1, 0.15) is 0 Å². The van der Waals surface area contributed by atoms with Crippen LogP contribution in [0.1, 0.15) is 36.6 Å². The minimum Gasteiger partial charge on any atom is -0.447 e. The summed E-state index contributed by atoms with van der Waals surface area (Å²) in [5, 5.41) is 3.03. The van der Waals surface area contributed by atoms with Crippen LogP contribution in [0.5, 0.6) is 0 Å². The first-order valence-electron chi connectivity index (χ1n) is 7.42. The van der Waals surface area contributed by atoms with Crippen molar-refractivity contribution in [3.05, 3.63) is 65.2 Å². The average Bonchev–Trinajstić information content (AvgIpc) is 2.65. The zero-order valence-corrected chi connectivity index (χ0v) is 13.5. The number of ether oxygens (including phenoxy) is 1. The van der Waals surface area contributed by atoms with E-state index in [1.165, 1.54) is 10.5 Å². The number of carbonyl (C=O) groups is 1. The number of hydrogen-bond acceptors (Lipinski definition) is 3. The first kappa shape index (κ1) is 15.0. The summed E-state index contributed by atoms with van der Waals surface area (Å²) in [5.41, 5.74) is 3.51. The minimum atomic E-state index is -0.378. The van der Waals surface area contributed by atoms with Gasteiger partial charge in [0.25, 0.3) is 0 Å². The number of benzene rings is 2. The van der Waals surface area contributed by atoms with Gasteiger partial charge in [0, 0.05) is 10.6 Å². The highest BCUT2D eigenvalue weighted by Crippen LogP contribution is 2.39. The molecule has 0 fully saturated rings. The highest BCUT2D eigenvalue weighted by atomic mass is 32.2. The van der Waals surface area contributed by atoms with Crippen molar-refractivity contribution in [1.82, 2.24) is 5.32 Å². The number of alkyl carbamates (subject to hydrolysis) is 1. The predicted octanol–water partition coefficient (Wildman–Crippen LogP) is 4.52. The van der Waals surface area contributed by atoms with Crippen molar-refractivity contribution in [1.29, 1.82) is 0 Å². The van der Waals surface area contributed by atoms with Gasteiger partial charge in [0.2, 0.25) is 0 Å². The molecule has 2 aromatic rings. The summed E-state index contributed by atoms with van der Waals surface area (Å²) in [6, 6.07) is 16.3. The monoisotopic (exact) mass is 313 g/mol. The van der Waals surface area contributed by atoms with Crippen molar-refractivity contribution in [3.8, 4) is 0 Å². The van der Waals surface area contributed by atoms with Crippen LogP contribution in [0.2, 0.25) is 0 Å². The van der Waals surface area contributed by atoms with Gasteiger partial charge < -0.3 is 10.1 Å². The van der Waals surface area contributed by atoms with Crippen molar-refractivity contribution in [3.63, 3.8) is 0 Å². The number of amides is 1. The molecule has 22 heavy (non-hydrogen) atoms. The summed E-state index contributed by atoms with van der Waals surface area (Å²) >= 11 is 1.80. The maximum absolute atomic E-state index is 12.1. The van der Waals surface area contributed by atoms with Crippen LogP contribution in [0.3, 0.4) is 0 Å². The van der Waals surface area contributed by atoms with Crippen LogP contribution in [-0.4, -0.2) is 12.2 Å². The second-order valence-corrected chi connectivity index (χ2v) is 6.57. The summed E-state index contributed by atoms with van der Waals surface area (Å²) in [7, 11) is 0. The molecule has 4 heteroatoms. The largest absolute Gasteiger partial charge is 0.447 e. The summed E-state index contributed by atoms with van der Waals surface area (Å²) in [6.07, 6.45) is -0.512. The van der Waals surface area contributed by atoms with Gasteiger partial charge >= 0.3 is 6.09 Å².